The maximum atomic E-state index is 5.39. The predicted molar refractivity (Wildman–Crippen MR) is 75.0 cm³/mol. The van der Waals surface area contributed by atoms with Crippen molar-refractivity contribution in [1.29, 1.82) is 0 Å². The van der Waals surface area contributed by atoms with Crippen LogP contribution in [0.15, 0.2) is 18.5 Å². The summed E-state index contributed by atoms with van der Waals surface area (Å²) in [6, 6.07) is 2.04. The van der Waals surface area contributed by atoms with Crippen molar-refractivity contribution in [2.75, 3.05) is 5.75 Å². The number of H-pyrrole nitrogens is 1. The zero-order chi connectivity index (χ0) is 11.7. The first kappa shape index (κ1) is 11.3. The number of aromatic nitrogens is 3. The molecule has 0 spiro atoms. The van der Waals surface area contributed by atoms with Gasteiger partial charge in [-0.25, -0.2) is 0 Å². The highest BCUT2D eigenvalue weighted by atomic mass is 32.2. The number of hydrogen-bond donors (Lipinski definition) is 1. The quantitative estimate of drug-likeness (QED) is 0.845. The molecule has 1 aliphatic rings. The van der Waals surface area contributed by atoms with Crippen molar-refractivity contribution >= 4 is 35.0 Å². The standard InChI is InChI=1S/C12H15N3S2/c16-12-14-10-7-13-5-4-11(10)15(12)8-9-3-1-2-6-17-9/h4-5,7,9H,1-3,6,8H2,(H,14,16). The van der Waals surface area contributed by atoms with Crippen LogP contribution < -0.4 is 0 Å². The molecule has 0 amide bonds. The Hall–Kier alpha value is -0.810. The first-order chi connectivity index (χ1) is 8.34. The van der Waals surface area contributed by atoms with Crippen LogP contribution in [0, 0.1) is 4.77 Å². The van der Waals surface area contributed by atoms with Gasteiger partial charge in [-0.15, -0.1) is 0 Å². The van der Waals surface area contributed by atoms with Crippen molar-refractivity contribution < 1.29 is 0 Å². The fourth-order valence-electron chi connectivity index (χ4n) is 2.35. The molecule has 1 unspecified atom stereocenters. The third-order valence-corrected chi connectivity index (χ3v) is 4.94. The maximum absolute atomic E-state index is 5.39. The van der Waals surface area contributed by atoms with Crippen LogP contribution in [0.25, 0.3) is 11.0 Å². The number of imidazole rings is 1. The number of nitrogens with zero attached hydrogens (tertiary/aromatic N) is 2. The normalized spacial score (nSPS) is 20.8. The Morgan fingerprint density at radius 2 is 2.47 bits per heavy atom. The van der Waals surface area contributed by atoms with Gasteiger partial charge in [0.05, 0.1) is 17.2 Å². The van der Waals surface area contributed by atoms with Crippen LogP contribution in [0.3, 0.4) is 0 Å². The zero-order valence-electron chi connectivity index (χ0n) is 9.56. The van der Waals surface area contributed by atoms with Crippen LogP contribution in [0.1, 0.15) is 19.3 Å². The molecule has 1 N–H and O–H groups in total. The molecular formula is C12H15N3S2. The number of pyridine rings is 1. The van der Waals surface area contributed by atoms with Gasteiger partial charge < -0.3 is 9.55 Å². The van der Waals surface area contributed by atoms with Gasteiger partial charge in [-0.1, -0.05) is 6.42 Å². The lowest BCUT2D eigenvalue weighted by molar-refractivity contribution is 0.588. The SMILES string of the molecule is S=c1[nH]c2cnccc2n1CC1CCCCS1. The van der Waals surface area contributed by atoms with Crippen LogP contribution in [0.2, 0.25) is 0 Å². The minimum atomic E-state index is 0.711. The molecule has 3 heterocycles. The summed E-state index contributed by atoms with van der Waals surface area (Å²) in [5, 5.41) is 0.711. The Kier molecular flexibility index (Phi) is 3.20. The summed E-state index contributed by atoms with van der Waals surface area (Å²) >= 11 is 7.47. The van der Waals surface area contributed by atoms with E-state index in [-0.39, 0.29) is 0 Å². The van der Waals surface area contributed by atoms with Crippen LogP contribution in [-0.2, 0) is 6.54 Å². The molecular weight excluding hydrogens is 250 g/mol. The van der Waals surface area contributed by atoms with Crippen molar-refractivity contribution in [2.24, 2.45) is 0 Å². The highest BCUT2D eigenvalue weighted by Crippen LogP contribution is 2.27. The molecule has 2 aromatic heterocycles. The minimum absolute atomic E-state index is 0.711. The summed E-state index contributed by atoms with van der Waals surface area (Å²) in [5.41, 5.74) is 2.22. The second kappa shape index (κ2) is 4.82. The summed E-state index contributed by atoms with van der Waals surface area (Å²) in [6.45, 7) is 1.02. The second-order valence-electron chi connectivity index (χ2n) is 4.42. The number of nitrogens with one attached hydrogen (secondary N) is 1. The highest BCUT2D eigenvalue weighted by molar-refractivity contribution is 7.99. The third-order valence-electron chi connectivity index (χ3n) is 3.24. The first-order valence-electron chi connectivity index (χ1n) is 5.99. The second-order valence-corrected chi connectivity index (χ2v) is 6.22. The molecule has 0 saturated carbocycles. The molecule has 0 aromatic carbocycles. The average molecular weight is 265 g/mol. The van der Waals surface area contributed by atoms with Gasteiger partial charge in [0, 0.05) is 18.0 Å². The summed E-state index contributed by atoms with van der Waals surface area (Å²) in [5.74, 6) is 1.29. The zero-order valence-corrected chi connectivity index (χ0v) is 11.2. The van der Waals surface area contributed by atoms with Crippen molar-refractivity contribution in [3.8, 4) is 0 Å². The highest BCUT2D eigenvalue weighted by Gasteiger charge is 2.16. The minimum Gasteiger partial charge on any atom is -0.329 e. The summed E-state index contributed by atoms with van der Waals surface area (Å²) < 4.78 is 3.04. The van der Waals surface area contributed by atoms with Crippen LogP contribution >= 0.6 is 24.0 Å². The fourth-order valence-corrected chi connectivity index (χ4v) is 3.92. The van der Waals surface area contributed by atoms with E-state index in [1.807, 2.05) is 18.5 Å². The average Bonchev–Trinajstić information content (AvgIpc) is 2.68. The smallest absolute Gasteiger partial charge is 0.178 e. The summed E-state index contributed by atoms with van der Waals surface area (Å²) in [4.78, 5) is 7.34. The lowest BCUT2D eigenvalue weighted by atomic mass is 10.2. The van der Waals surface area contributed by atoms with E-state index >= 15 is 0 Å². The molecule has 1 aliphatic heterocycles. The van der Waals surface area contributed by atoms with Gasteiger partial charge in [0.15, 0.2) is 4.77 Å². The van der Waals surface area contributed by atoms with Gasteiger partial charge >= 0.3 is 0 Å². The van der Waals surface area contributed by atoms with E-state index in [1.54, 1.807) is 0 Å². The topological polar surface area (TPSA) is 33.6 Å². The van der Waals surface area contributed by atoms with E-state index in [0.717, 1.165) is 16.8 Å². The van der Waals surface area contributed by atoms with Gasteiger partial charge in [-0.2, -0.15) is 11.8 Å². The molecule has 1 atom stereocenters. The number of thioether (sulfide) groups is 1. The molecule has 5 heteroatoms. The molecule has 90 valence electrons. The molecule has 3 rings (SSSR count). The Balaban J connectivity index is 1.93. The number of fused-ring (bicyclic) bond motifs is 1. The predicted octanol–water partition coefficient (Wildman–Crippen LogP) is 3.38. The van der Waals surface area contributed by atoms with E-state index in [4.69, 9.17) is 12.2 Å². The van der Waals surface area contributed by atoms with E-state index in [0.29, 0.717) is 5.25 Å². The van der Waals surface area contributed by atoms with Crippen LogP contribution in [-0.4, -0.2) is 25.5 Å². The van der Waals surface area contributed by atoms with Crippen molar-refractivity contribution in [3.63, 3.8) is 0 Å². The lowest BCUT2D eigenvalue weighted by Crippen LogP contribution is -2.16. The Labute approximate surface area is 110 Å². The van der Waals surface area contributed by atoms with E-state index in [9.17, 15) is 0 Å². The van der Waals surface area contributed by atoms with Crippen molar-refractivity contribution in [2.45, 2.75) is 31.1 Å². The van der Waals surface area contributed by atoms with Gasteiger partial charge in [0.25, 0.3) is 0 Å². The Bertz CT molecular complexity index is 566. The summed E-state index contributed by atoms with van der Waals surface area (Å²) in [6.07, 6.45) is 7.70. The van der Waals surface area contributed by atoms with Gasteiger partial charge in [-0.05, 0) is 36.9 Å². The van der Waals surface area contributed by atoms with E-state index in [1.165, 1.54) is 30.5 Å². The number of hydrogen-bond acceptors (Lipinski definition) is 3. The lowest BCUT2D eigenvalue weighted by Gasteiger charge is -2.21. The molecule has 0 aliphatic carbocycles. The Morgan fingerprint density at radius 1 is 1.53 bits per heavy atom. The van der Waals surface area contributed by atoms with Crippen molar-refractivity contribution in [3.05, 3.63) is 23.2 Å². The molecule has 3 nitrogen and oxygen atoms in total. The van der Waals surface area contributed by atoms with Crippen LogP contribution in [0.5, 0.6) is 0 Å². The molecule has 2 aromatic rings. The molecule has 1 fully saturated rings. The van der Waals surface area contributed by atoms with E-state index in [2.05, 4.69) is 26.3 Å². The van der Waals surface area contributed by atoms with Gasteiger partial charge in [-0.3, -0.25) is 4.98 Å². The summed E-state index contributed by atoms with van der Waals surface area (Å²) in [7, 11) is 0. The molecule has 17 heavy (non-hydrogen) atoms. The molecule has 0 radical (unpaired) electrons. The van der Waals surface area contributed by atoms with Gasteiger partial charge in [0.1, 0.15) is 0 Å². The number of aromatic amines is 1. The van der Waals surface area contributed by atoms with Crippen molar-refractivity contribution in [1.82, 2.24) is 14.5 Å². The fraction of sp³-hybridized carbons (Fsp3) is 0.500. The molecule has 1 saturated heterocycles. The van der Waals surface area contributed by atoms with Gasteiger partial charge in [0.2, 0.25) is 0 Å². The third kappa shape index (κ3) is 2.26. The Morgan fingerprint density at radius 3 is 3.29 bits per heavy atom. The monoisotopic (exact) mass is 265 g/mol. The maximum Gasteiger partial charge on any atom is 0.178 e. The van der Waals surface area contributed by atoms with E-state index < -0.39 is 0 Å². The first-order valence-corrected chi connectivity index (χ1v) is 7.44. The molecule has 0 bridgehead atoms. The largest absolute Gasteiger partial charge is 0.329 e. The van der Waals surface area contributed by atoms with Crippen LogP contribution in [0.4, 0.5) is 0 Å². The number of rotatable bonds is 2.